The van der Waals surface area contributed by atoms with Crippen molar-refractivity contribution in [1.82, 2.24) is 4.90 Å². The minimum Gasteiger partial charge on any atom is -0.480 e. The molecule has 1 aromatic rings. The average molecular weight is 362 g/mol. The third-order valence-electron chi connectivity index (χ3n) is 4.04. The van der Waals surface area contributed by atoms with Gasteiger partial charge in [-0.1, -0.05) is 6.07 Å². The molecule has 2 amide bonds. The summed E-state index contributed by atoms with van der Waals surface area (Å²) in [5.41, 5.74) is 3.00. The monoisotopic (exact) mass is 362 g/mol. The summed E-state index contributed by atoms with van der Waals surface area (Å²) >= 11 is 0.765. The van der Waals surface area contributed by atoms with Crippen LogP contribution in [0.15, 0.2) is 23.1 Å². The second-order valence-electron chi connectivity index (χ2n) is 5.81. The SMILES string of the molecule is Cc1cc(/C=C2/SC(=O)N(CC(=O)O)C2=O)ccc1N1CCOCC1. The van der Waals surface area contributed by atoms with E-state index in [0.717, 1.165) is 46.6 Å². The Labute approximate surface area is 149 Å². The van der Waals surface area contributed by atoms with Crippen molar-refractivity contribution in [3.8, 4) is 0 Å². The van der Waals surface area contributed by atoms with Gasteiger partial charge in [-0.05, 0) is 48.0 Å². The van der Waals surface area contributed by atoms with E-state index in [2.05, 4.69) is 4.90 Å². The fourth-order valence-electron chi connectivity index (χ4n) is 2.85. The third kappa shape index (κ3) is 3.85. The number of amides is 2. The van der Waals surface area contributed by atoms with Gasteiger partial charge in [0.2, 0.25) is 0 Å². The maximum absolute atomic E-state index is 12.2. The summed E-state index contributed by atoms with van der Waals surface area (Å²) in [7, 11) is 0. The topological polar surface area (TPSA) is 87.2 Å². The average Bonchev–Trinajstić information content (AvgIpc) is 2.83. The van der Waals surface area contributed by atoms with Crippen LogP contribution in [0.1, 0.15) is 11.1 Å². The lowest BCUT2D eigenvalue weighted by Crippen LogP contribution is -2.36. The number of morpholine rings is 1. The molecule has 0 radical (unpaired) electrons. The number of thioether (sulfide) groups is 1. The van der Waals surface area contributed by atoms with Crippen LogP contribution in [0.5, 0.6) is 0 Å². The summed E-state index contributed by atoms with van der Waals surface area (Å²) in [5.74, 6) is -1.78. The molecule has 2 heterocycles. The van der Waals surface area contributed by atoms with E-state index < -0.39 is 23.7 Å². The number of carboxylic acids is 1. The molecular formula is C17H18N2O5S. The van der Waals surface area contributed by atoms with E-state index in [1.165, 1.54) is 0 Å². The van der Waals surface area contributed by atoms with Crippen LogP contribution in [0, 0.1) is 6.92 Å². The number of carbonyl (C=O) groups is 3. The Hall–Kier alpha value is -2.32. The van der Waals surface area contributed by atoms with Gasteiger partial charge in [-0.2, -0.15) is 0 Å². The Morgan fingerprint density at radius 1 is 1.32 bits per heavy atom. The van der Waals surface area contributed by atoms with Crippen molar-refractivity contribution in [1.29, 1.82) is 0 Å². The number of hydrogen-bond donors (Lipinski definition) is 1. The minimum absolute atomic E-state index is 0.241. The minimum atomic E-state index is -1.21. The highest BCUT2D eigenvalue weighted by atomic mass is 32.2. The highest BCUT2D eigenvalue weighted by Crippen LogP contribution is 2.32. The van der Waals surface area contributed by atoms with E-state index in [-0.39, 0.29) is 4.91 Å². The molecule has 25 heavy (non-hydrogen) atoms. The normalized spacial score (nSPS) is 19.8. The number of nitrogens with zero attached hydrogens (tertiary/aromatic N) is 2. The second kappa shape index (κ2) is 7.28. The predicted octanol–water partition coefficient (Wildman–Crippen LogP) is 1.95. The van der Waals surface area contributed by atoms with Gasteiger partial charge in [-0.3, -0.25) is 19.3 Å². The number of aryl methyl sites for hydroxylation is 1. The molecule has 132 valence electrons. The number of rotatable bonds is 4. The van der Waals surface area contributed by atoms with Gasteiger partial charge in [0.05, 0.1) is 18.1 Å². The molecule has 0 aromatic heterocycles. The number of benzene rings is 1. The summed E-state index contributed by atoms with van der Waals surface area (Å²) in [6, 6.07) is 5.84. The van der Waals surface area contributed by atoms with Crippen molar-refractivity contribution >= 4 is 40.6 Å². The number of aliphatic carboxylic acids is 1. The zero-order valence-electron chi connectivity index (χ0n) is 13.7. The van der Waals surface area contributed by atoms with E-state index >= 15 is 0 Å². The van der Waals surface area contributed by atoms with Gasteiger partial charge >= 0.3 is 5.97 Å². The Kier molecular flexibility index (Phi) is 5.10. The van der Waals surface area contributed by atoms with Crippen LogP contribution in [0.3, 0.4) is 0 Å². The van der Waals surface area contributed by atoms with E-state index in [1.807, 2.05) is 25.1 Å². The molecule has 3 rings (SSSR count). The van der Waals surface area contributed by atoms with Crippen molar-refractivity contribution in [2.45, 2.75) is 6.92 Å². The Balaban J connectivity index is 1.79. The second-order valence-corrected chi connectivity index (χ2v) is 6.80. The molecule has 2 aliphatic rings. The van der Waals surface area contributed by atoms with Crippen molar-refractivity contribution < 1.29 is 24.2 Å². The van der Waals surface area contributed by atoms with E-state index in [1.54, 1.807) is 6.08 Å². The molecule has 0 unspecified atom stereocenters. The van der Waals surface area contributed by atoms with Gasteiger partial charge in [0, 0.05) is 18.8 Å². The van der Waals surface area contributed by atoms with Gasteiger partial charge in [-0.25, -0.2) is 0 Å². The first kappa shape index (κ1) is 17.5. The third-order valence-corrected chi connectivity index (χ3v) is 4.94. The van der Waals surface area contributed by atoms with Crippen LogP contribution < -0.4 is 4.90 Å². The lowest BCUT2D eigenvalue weighted by atomic mass is 10.1. The van der Waals surface area contributed by atoms with Crippen molar-refractivity contribution in [2.24, 2.45) is 0 Å². The van der Waals surface area contributed by atoms with E-state index in [9.17, 15) is 14.4 Å². The summed E-state index contributed by atoms with van der Waals surface area (Å²) in [6.07, 6.45) is 1.63. The molecule has 2 aliphatic heterocycles. The highest BCUT2D eigenvalue weighted by molar-refractivity contribution is 8.18. The summed E-state index contributed by atoms with van der Waals surface area (Å²) in [4.78, 5) is 38.0. The first-order valence-corrected chi connectivity index (χ1v) is 8.68. The molecule has 0 bridgehead atoms. The molecule has 1 N–H and O–H groups in total. The molecule has 1 aromatic carbocycles. The van der Waals surface area contributed by atoms with Gasteiger partial charge < -0.3 is 14.7 Å². The summed E-state index contributed by atoms with van der Waals surface area (Å²) in [5, 5.41) is 8.23. The van der Waals surface area contributed by atoms with Crippen molar-refractivity contribution in [3.63, 3.8) is 0 Å². The standard InChI is InChI=1S/C17H18N2O5S/c1-11-8-12(2-3-13(11)18-4-6-24-7-5-18)9-14-16(22)19(10-15(20)21)17(23)25-14/h2-3,8-9H,4-7,10H2,1H3,(H,20,21)/b14-9+. The first-order chi connectivity index (χ1) is 12.0. The van der Waals surface area contributed by atoms with Gasteiger partial charge in [-0.15, -0.1) is 0 Å². The highest BCUT2D eigenvalue weighted by Gasteiger charge is 2.36. The van der Waals surface area contributed by atoms with Crippen LogP contribution in [0.2, 0.25) is 0 Å². The van der Waals surface area contributed by atoms with Gasteiger partial charge in [0.1, 0.15) is 6.54 Å². The zero-order valence-corrected chi connectivity index (χ0v) is 14.5. The number of carbonyl (C=O) groups excluding carboxylic acids is 2. The lowest BCUT2D eigenvalue weighted by Gasteiger charge is -2.30. The quantitative estimate of drug-likeness (QED) is 0.819. The van der Waals surface area contributed by atoms with Crippen LogP contribution in [-0.4, -0.2) is 60.0 Å². The fourth-order valence-corrected chi connectivity index (χ4v) is 3.69. The van der Waals surface area contributed by atoms with E-state index in [0.29, 0.717) is 13.2 Å². The Bertz CT molecular complexity index is 755. The number of imide groups is 1. The smallest absolute Gasteiger partial charge is 0.323 e. The molecule has 8 heteroatoms. The number of ether oxygens (including phenoxy) is 1. The molecule has 2 fully saturated rings. The van der Waals surface area contributed by atoms with E-state index in [4.69, 9.17) is 9.84 Å². The van der Waals surface area contributed by atoms with Crippen molar-refractivity contribution in [2.75, 3.05) is 37.7 Å². The molecule has 0 aliphatic carbocycles. The predicted molar refractivity (Wildman–Crippen MR) is 94.5 cm³/mol. The summed E-state index contributed by atoms with van der Waals surface area (Å²) in [6.45, 7) is 4.48. The summed E-state index contributed by atoms with van der Waals surface area (Å²) < 4.78 is 5.36. The van der Waals surface area contributed by atoms with Crippen LogP contribution in [0.25, 0.3) is 6.08 Å². The Morgan fingerprint density at radius 2 is 2.04 bits per heavy atom. The van der Waals surface area contributed by atoms with Crippen LogP contribution in [-0.2, 0) is 14.3 Å². The largest absolute Gasteiger partial charge is 0.480 e. The maximum atomic E-state index is 12.2. The maximum Gasteiger partial charge on any atom is 0.323 e. The number of hydrogen-bond acceptors (Lipinski definition) is 6. The molecule has 0 spiro atoms. The van der Waals surface area contributed by atoms with Crippen molar-refractivity contribution in [3.05, 3.63) is 34.2 Å². The van der Waals surface area contributed by atoms with Gasteiger partial charge in [0.15, 0.2) is 0 Å². The number of carboxylic acid groups (broad SMARTS) is 1. The molecular weight excluding hydrogens is 344 g/mol. The van der Waals surface area contributed by atoms with Crippen LogP contribution >= 0.6 is 11.8 Å². The first-order valence-electron chi connectivity index (χ1n) is 7.86. The molecule has 2 saturated heterocycles. The van der Waals surface area contributed by atoms with Gasteiger partial charge in [0.25, 0.3) is 11.1 Å². The lowest BCUT2D eigenvalue weighted by molar-refractivity contribution is -0.140. The molecule has 0 saturated carbocycles. The molecule has 7 nitrogen and oxygen atoms in total. The Morgan fingerprint density at radius 3 is 2.68 bits per heavy atom. The number of anilines is 1. The molecule has 0 atom stereocenters. The fraction of sp³-hybridized carbons (Fsp3) is 0.353. The van der Waals surface area contributed by atoms with Crippen LogP contribution in [0.4, 0.5) is 10.5 Å². The zero-order chi connectivity index (χ0) is 18.0.